The van der Waals surface area contributed by atoms with E-state index in [2.05, 4.69) is 5.10 Å². The van der Waals surface area contributed by atoms with E-state index in [1.807, 2.05) is 0 Å². The summed E-state index contributed by atoms with van der Waals surface area (Å²) in [6, 6.07) is 0. The van der Waals surface area contributed by atoms with Crippen LogP contribution >= 0.6 is 11.6 Å². The third-order valence-corrected chi connectivity index (χ3v) is 2.43. The number of aromatic nitrogens is 2. The number of aryl methyl sites for hydroxylation is 2. The molecule has 0 fully saturated rings. The highest BCUT2D eigenvalue weighted by Crippen LogP contribution is 2.25. The maximum absolute atomic E-state index is 11.0. The van der Waals surface area contributed by atoms with Crippen LogP contribution in [0.2, 0.25) is 0 Å². The molecule has 64 valence electrons. The van der Waals surface area contributed by atoms with E-state index >= 15 is 0 Å². The van der Waals surface area contributed by atoms with E-state index in [1.54, 1.807) is 11.7 Å². The molecule has 0 spiro atoms. The Labute approximate surface area is 75.3 Å². The number of carbonyl (C=O) groups is 1. The van der Waals surface area contributed by atoms with E-state index in [-0.39, 0.29) is 0 Å². The van der Waals surface area contributed by atoms with Gasteiger partial charge in [0.2, 0.25) is 0 Å². The minimum Gasteiger partial charge on any atom is -0.274 e. The lowest BCUT2D eigenvalue weighted by molar-refractivity contribution is 0.107. The van der Waals surface area contributed by atoms with E-state index < -0.39 is 5.24 Å². The zero-order valence-electron chi connectivity index (χ0n) is 6.80. The Morgan fingerprint density at radius 3 is 3.00 bits per heavy atom. The Morgan fingerprint density at radius 1 is 1.58 bits per heavy atom. The normalized spacial score (nSPS) is 14.8. The molecule has 2 rings (SSSR count). The monoisotopic (exact) mass is 184 g/mol. The molecule has 0 saturated heterocycles. The van der Waals surface area contributed by atoms with Gasteiger partial charge in [-0.25, -0.2) is 0 Å². The number of hydrogen-bond acceptors (Lipinski definition) is 2. The van der Waals surface area contributed by atoms with Gasteiger partial charge in [-0.2, -0.15) is 5.10 Å². The third kappa shape index (κ3) is 0.966. The molecule has 0 aliphatic heterocycles. The standard InChI is InChI=1S/C8H9ClN2O/c1-11-7(8(9)12)5-3-2-4-6(5)10-11/h2-4H2,1H3. The van der Waals surface area contributed by atoms with E-state index in [9.17, 15) is 4.79 Å². The van der Waals surface area contributed by atoms with Crippen LogP contribution in [-0.4, -0.2) is 15.0 Å². The zero-order valence-corrected chi connectivity index (χ0v) is 7.56. The first-order valence-electron chi connectivity index (χ1n) is 3.94. The summed E-state index contributed by atoms with van der Waals surface area (Å²) in [6.07, 6.45) is 3.01. The first-order valence-corrected chi connectivity index (χ1v) is 4.32. The maximum atomic E-state index is 11.0. The summed E-state index contributed by atoms with van der Waals surface area (Å²) in [5.41, 5.74) is 2.67. The summed E-state index contributed by atoms with van der Waals surface area (Å²) >= 11 is 5.43. The average molecular weight is 185 g/mol. The Kier molecular flexibility index (Phi) is 1.68. The van der Waals surface area contributed by atoms with Gasteiger partial charge in [0.1, 0.15) is 5.69 Å². The molecule has 0 atom stereocenters. The molecule has 12 heavy (non-hydrogen) atoms. The van der Waals surface area contributed by atoms with Crippen molar-refractivity contribution in [1.29, 1.82) is 0 Å². The molecule has 4 heteroatoms. The molecule has 0 aromatic carbocycles. The molecule has 0 N–H and O–H groups in total. The molecule has 0 bridgehead atoms. The Morgan fingerprint density at radius 2 is 2.33 bits per heavy atom. The number of halogens is 1. The van der Waals surface area contributed by atoms with Gasteiger partial charge in [-0.3, -0.25) is 9.48 Å². The fourth-order valence-electron chi connectivity index (χ4n) is 1.77. The van der Waals surface area contributed by atoms with Gasteiger partial charge in [-0.15, -0.1) is 0 Å². The molecule has 0 saturated carbocycles. The number of rotatable bonds is 1. The molecule has 1 aliphatic rings. The predicted octanol–water partition coefficient (Wildman–Crippen LogP) is 1.29. The third-order valence-electron chi connectivity index (χ3n) is 2.26. The number of hydrogen-bond donors (Lipinski definition) is 0. The fourth-order valence-corrected chi connectivity index (χ4v) is 2.00. The molecule has 0 unspecified atom stereocenters. The van der Waals surface area contributed by atoms with E-state index in [4.69, 9.17) is 11.6 Å². The van der Waals surface area contributed by atoms with Crippen molar-refractivity contribution in [2.75, 3.05) is 0 Å². The highest BCUT2D eigenvalue weighted by Gasteiger charge is 2.23. The topological polar surface area (TPSA) is 34.9 Å². The SMILES string of the molecule is Cn1nc2c(c1C(=O)Cl)CCC2. The summed E-state index contributed by atoms with van der Waals surface area (Å²) in [4.78, 5) is 11.0. The second-order valence-corrected chi connectivity index (χ2v) is 3.37. The maximum Gasteiger partial charge on any atom is 0.270 e. The first-order chi connectivity index (χ1) is 5.70. The molecule has 0 radical (unpaired) electrons. The second kappa shape index (κ2) is 2.59. The molecular formula is C8H9ClN2O. The number of carbonyl (C=O) groups excluding carboxylic acids is 1. The van der Waals surface area contributed by atoms with Gasteiger partial charge in [0.25, 0.3) is 5.24 Å². The Balaban J connectivity index is 2.59. The highest BCUT2D eigenvalue weighted by molar-refractivity contribution is 6.67. The smallest absolute Gasteiger partial charge is 0.270 e. The predicted molar refractivity (Wildman–Crippen MR) is 45.4 cm³/mol. The van der Waals surface area contributed by atoms with Crippen molar-refractivity contribution in [3.05, 3.63) is 17.0 Å². The fraction of sp³-hybridized carbons (Fsp3) is 0.500. The van der Waals surface area contributed by atoms with Crippen molar-refractivity contribution in [1.82, 2.24) is 9.78 Å². The summed E-state index contributed by atoms with van der Waals surface area (Å²) in [5.74, 6) is 0. The number of fused-ring (bicyclic) bond motifs is 1. The highest BCUT2D eigenvalue weighted by atomic mass is 35.5. The summed E-state index contributed by atoms with van der Waals surface area (Å²) in [6.45, 7) is 0. The molecular weight excluding hydrogens is 176 g/mol. The quantitative estimate of drug-likeness (QED) is 0.617. The lowest BCUT2D eigenvalue weighted by Gasteiger charge is -1.96. The Hall–Kier alpha value is -0.830. The van der Waals surface area contributed by atoms with E-state index in [0.717, 1.165) is 30.5 Å². The van der Waals surface area contributed by atoms with Crippen molar-refractivity contribution in [3.8, 4) is 0 Å². The van der Waals surface area contributed by atoms with Crippen LogP contribution in [0.1, 0.15) is 28.2 Å². The van der Waals surface area contributed by atoms with Crippen LogP contribution in [0.4, 0.5) is 0 Å². The Bertz CT molecular complexity index is 343. The van der Waals surface area contributed by atoms with Crippen LogP contribution in [0.15, 0.2) is 0 Å². The van der Waals surface area contributed by atoms with Gasteiger partial charge in [0.05, 0.1) is 5.69 Å². The summed E-state index contributed by atoms with van der Waals surface area (Å²) < 4.78 is 1.58. The summed E-state index contributed by atoms with van der Waals surface area (Å²) in [7, 11) is 1.76. The minimum atomic E-state index is -0.395. The molecule has 1 aliphatic carbocycles. The molecule has 1 aromatic heterocycles. The molecule has 3 nitrogen and oxygen atoms in total. The second-order valence-electron chi connectivity index (χ2n) is 3.02. The zero-order chi connectivity index (χ0) is 8.72. The van der Waals surface area contributed by atoms with Crippen molar-refractivity contribution < 1.29 is 4.79 Å². The van der Waals surface area contributed by atoms with Gasteiger partial charge in [-0.1, -0.05) is 0 Å². The van der Waals surface area contributed by atoms with Gasteiger partial charge in [0.15, 0.2) is 0 Å². The van der Waals surface area contributed by atoms with Crippen LogP contribution in [0.25, 0.3) is 0 Å². The molecule has 1 heterocycles. The van der Waals surface area contributed by atoms with Crippen molar-refractivity contribution >= 4 is 16.8 Å². The van der Waals surface area contributed by atoms with Crippen molar-refractivity contribution in [2.24, 2.45) is 7.05 Å². The lowest BCUT2D eigenvalue weighted by atomic mass is 10.2. The van der Waals surface area contributed by atoms with Gasteiger partial charge >= 0.3 is 0 Å². The van der Waals surface area contributed by atoms with Crippen LogP contribution in [-0.2, 0) is 19.9 Å². The van der Waals surface area contributed by atoms with Gasteiger partial charge < -0.3 is 0 Å². The molecule has 0 amide bonds. The van der Waals surface area contributed by atoms with Crippen molar-refractivity contribution in [2.45, 2.75) is 19.3 Å². The first kappa shape index (κ1) is 7.80. The average Bonchev–Trinajstić information content (AvgIpc) is 2.44. The van der Waals surface area contributed by atoms with Crippen LogP contribution in [0, 0.1) is 0 Å². The van der Waals surface area contributed by atoms with E-state index in [1.165, 1.54) is 0 Å². The largest absolute Gasteiger partial charge is 0.274 e. The van der Waals surface area contributed by atoms with Crippen LogP contribution in [0.3, 0.4) is 0 Å². The minimum absolute atomic E-state index is 0.395. The van der Waals surface area contributed by atoms with Gasteiger partial charge in [-0.05, 0) is 30.9 Å². The van der Waals surface area contributed by atoms with Crippen LogP contribution in [0.5, 0.6) is 0 Å². The summed E-state index contributed by atoms with van der Waals surface area (Å²) in [5, 5.41) is 3.83. The van der Waals surface area contributed by atoms with Gasteiger partial charge in [0, 0.05) is 12.6 Å². The van der Waals surface area contributed by atoms with Crippen LogP contribution < -0.4 is 0 Å². The number of nitrogens with zero attached hydrogens (tertiary/aromatic N) is 2. The molecule has 1 aromatic rings. The lowest BCUT2D eigenvalue weighted by Crippen LogP contribution is -2.03. The van der Waals surface area contributed by atoms with E-state index in [0.29, 0.717) is 5.69 Å². The van der Waals surface area contributed by atoms with Crippen molar-refractivity contribution in [3.63, 3.8) is 0 Å².